The van der Waals surface area contributed by atoms with Crippen molar-refractivity contribution in [2.45, 2.75) is 51.5 Å². The van der Waals surface area contributed by atoms with Crippen LogP contribution in [-0.4, -0.2) is 40.2 Å². The van der Waals surface area contributed by atoms with E-state index in [9.17, 15) is 4.21 Å². The Morgan fingerprint density at radius 1 is 1.12 bits per heavy atom. The van der Waals surface area contributed by atoms with Crippen LogP contribution < -0.4 is 0 Å². The van der Waals surface area contributed by atoms with Crippen molar-refractivity contribution in [3.63, 3.8) is 0 Å². The molecule has 0 aromatic carbocycles. The second-order valence-corrected chi connectivity index (χ2v) is 7.74. The highest BCUT2D eigenvalue weighted by molar-refractivity contribution is 7.85. The molecule has 2 atom stereocenters. The summed E-state index contributed by atoms with van der Waals surface area (Å²) in [6.45, 7) is 3.69. The molecule has 0 N–H and O–H groups in total. The van der Waals surface area contributed by atoms with Gasteiger partial charge in [-0.05, 0) is 38.1 Å². The predicted octanol–water partition coefficient (Wildman–Crippen LogP) is 2.66. The third-order valence-corrected chi connectivity index (χ3v) is 6.17. The molecule has 0 aromatic rings. The first-order chi connectivity index (χ1) is 8.16. The van der Waals surface area contributed by atoms with E-state index in [1.54, 1.807) is 0 Å². The van der Waals surface area contributed by atoms with Crippen LogP contribution in [0.3, 0.4) is 0 Å². The Labute approximate surface area is 109 Å². The molecule has 1 aliphatic carbocycles. The minimum atomic E-state index is -0.518. The molecule has 1 saturated heterocycles. The van der Waals surface area contributed by atoms with E-state index in [-0.39, 0.29) is 0 Å². The minimum absolute atomic E-state index is 0.518. The van der Waals surface area contributed by atoms with Crippen LogP contribution in [-0.2, 0) is 10.8 Å². The smallest absolute Gasteiger partial charge is 0.0249 e. The van der Waals surface area contributed by atoms with Crippen molar-refractivity contribution in [3.05, 3.63) is 0 Å². The fraction of sp³-hybridized carbons (Fsp3) is 1.00. The molecular weight excluding hydrogens is 230 g/mol. The summed E-state index contributed by atoms with van der Waals surface area (Å²) in [5.74, 6) is 3.66. The Morgan fingerprint density at radius 2 is 1.76 bits per heavy atom. The van der Waals surface area contributed by atoms with Crippen LogP contribution in [0.4, 0.5) is 0 Å². The maximum Gasteiger partial charge on any atom is 0.0249 e. The van der Waals surface area contributed by atoms with Crippen molar-refractivity contribution >= 4 is 10.8 Å². The topological polar surface area (TPSA) is 20.3 Å². The molecule has 0 bridgehead atoms. The Bertz CT molecular complexity index is 259. The molecule has 2 aliphatic rings. The molecule has 2 nitrogen and oxygen atoms in total. The fourth-order valence-electron chi connectivity index (χ4n) is 3.41. The molecular formula is C14H27NOS. The summed E-state index contributed by atoms with van der Waals surface area (Å²) in [6, 6.07) is 0.696. The third kappa shape index (κ3) is 3.78. The highest BCUT2D eigenvalue weighted by Crippen LogP contribution is 2.30. The lowest BCUT2D eigenvalue weighted by Gasteiger charge is -2.37. The first-order valence-electron chi connectivity index (χ1n) is 7.22. The Kier molecular flexibility index (Phi) is 5.04. The van der Waals surface area contributed by atoms with Crippen molar-refractivity contribution in [1.29, 1.82) is 0 Å². The summed E-state index contributed by atoms with van der Waals surface area (Å²) in [5.41, 5.74) is 0. The molecule has 1 saturated carbocycles. The van der Waals surface area contributed by atoms with Crippen LogP contribution in [0.1, 0.15) is 45.4 Å². The van der Waals surface area contributed by atoms with E-state index in [2.05, 4.69) is 18.9 Å². The molecule has 1 aliphatic heterocycles. The van der Waals surface area contributed by atoms with E-state index >= 15 is 0 Å². The predicted molar refractivity (Wildman–Crippen MR) is 74.7 cm³/mol. The molecule has 0 unspecified atom stereocenters. The normalized spacial score (nSPS) is 39.5. The molecule has 3 heteroatoms. The average molecular weight is 257 g/mol. The summed E-state index contributed by atoms with van der Waals surface area (Å²) >= 11 is 0. The van der Waals surface area contributed by atoms with Crippen molar-refractivity contribution in [3.8, 4) is 0 Å². The van der Waals surface area contributed by atoms with Gasteiger partial charge in [0.15, 0.2) is 0 Å². The van der Waals surface area contributed by atoms with E-state index in [1.807, 2.05) is 0 Å². The van der Waals surface area contributed by atoms with Crippen molar-refractivity contribution in [1.82, 2.24) is 4.90 Å². The van der Waals surface area contributed by atoms with Gasteiger partial charge in [0, 0.05) is 34.9 Å². The standard InChI is InChI=1S/C14H27NOS/c1-12-5-3-4-6-13(12)11-15(2)14-7-9-17(16)10-8-14/h12-14H,3-11H2,1-2H3/t12-,13-,14?,17?/m1/s1. The Morgan fingerprint density at radius 3 is 2.41 bits per heavy atom. The molecule has 1 heterocycles. The van der Waals surface area contributed by atoms with Crippen LogP contribution in [0.5, 0.6) is 0 Å². The zero-order valence-corrected chi connectivity index (χ0v) is 12.2. The highest BCUT2D eigenvalue weighted by atomic mass is 32.2. The van der Waals surface area contributed by atoms with Crippen molar-refractivity contribution < 1.29 is 4.21 Å². The molecule has 17 heavy (non-hydrogen) atoms. The van der Waals surface area contributed by atoms with Gasteiger partial charge in [0.2, 0.25) is 0 Å². The zero-order chi connectivity index (χ0) is 12.3. The van der Waals surface area contributed by atoms with Gasteiger partial charge in [0.05, 0.1) is 0 Å². The zero-order valence-electron chi connectivity index (χ0n) is 11.4. The van der Waals surface area contributed by atoms with Crippen LogP contribution in [0.15, 0.2) is 0 Å². The maximum atomic E-state index is 11.4. The number of hydrogen-bond donors (Lipinski definition) is 0. The van der Waals surface area contributed by atoms with Gasteiger partial charge < -0.3 is 4.90 Å². The van der Waals surface area contributed by atoms with Crippen LogP contribution in [0, 0.1) is 11.8 Å². The second kappa shape index (κ2) is 6.33. The monoisotopic (exact) mass is 257 g/mol. The third-order valence-electron chi connectivity index (χ3n) is 4.79. The van der Waals surface area contributed by atoms with Crippen LogP contribution >= 0.6 is 0 Å². The summed E-state index contributed by atoms with van der Waals surface area (Å²) in [5, 5.41) is 0. The first kappa shape index (κ1) is 13.5. The summed E-state index contributed by atoms with van der Waals surface area (Å²) < 4.78 is 11.4. The Balaban J connectivity index is 1.79. The largest absolute Gasteiger partial charge is 0.303 e. The second-order valence-electron chi connectivity index (χ2n) is 6.04. The number of hydrogen-bond acceptors (Lipinski definition) is 2. The molecule has 0 amide bonds. The fourth-order valence-corrected chi connectivity index (χ4v) is 4.68. The Hall–Kier alpha value is 0.110. The van der Waals surface area contributed by atoms with Gasteiger partial charge in [-0.3, -0.25) is 4.21 Å². The molecule has 0 spiro atoms. The molecule has 2 fully saturated rings. The van der Waals surface area contributed by atoms with Crippen LogP contribution in [0.2, 0.25) is 0 Å². The van der Waals surface area contributed by atoms with Gasteiger partial charge in [-0.2, -0.15) is 0 Å². The highest BCUT2D eigenvalue weighted by Gasteiger charge is 2.27. The van der Waals surface area contributed by atoms with Gasteiger partial charge >= 0.3 is 0 Å². The van der Waals surface area contributed by atoms with E-state index in [0.29, 0.717) is 6.04 Å². The maximum absolute atomic E-state index is 11.4. The van der Waals surface area contributed by atoms with Gasteiger partial charge in [0.1, 0.15) is 0 Å². The number of rotatable bonds is 3. The quantitative estimate of drug-likeness (QED) is 0.775. The van der Waals surface area contributed by atoms with E-state index in [1.165, 1.54) is 32.2 Å². The summed E-state index contributed by atoms with van der Waals surface area (Å²) in [6.07, 6.45) is 7.99. The lowest BCUT2D eigenvalue weighted by Crippen LogP contribution is -2.41. The molecule has 100 valence electrons. The molecule has 2 rings (SSSR count). The van der Waals surface area contributed by atoms with E-state index in [4.69, 9.17) is 0 Å². The molecule has 0 aromatic heterocycles. The van der Waals surface area contributed by atoms with Crippen molar-refractivity contribution in [2.24, 2.45) is 11.8 Å². The summed E-state index contributed by atoms with van der Waals surface area (Å²) in [7, 11) is 1.76. The van der Waals surface area contributed by atoms with Gasteiger partial charge in [-0.1, -0.05) is 26.2 Å². The number of nitrogens with zero attached hydrogens (tertiary/aromatic N) is 1. The lowest BCUT2D eigenvalue weighted by molar-refractivity contribution is 0.141. The average Bonchev–Trinajstić information content (AvgIpc) is 2.33. The first-order valence-corrected chi connectivity index (χ1v) is 8.71. The van der Waals surface area contributed by atoms with Gasteiger partial charge in [0.25, 0.3) is 0 Å². The van der Waals surface area contributed by atoms with E-state index < -0.39 is 10.8 Å². The molecule has 0 radical (unpaired) electrons. The van der Waals surface area contributed by atoms with Crippen LogP contribution in [0.25, 0.3) is 0 Å². The van der Waals surface area contributed by atoms with Gasteiger partial charge in [-0.15, -0.1) is 0 Å². The minimum Gasteiger partial charge on any atom is -0.303 e. The van der Waals surface area contributed by atoms with Gasteiger partial charge in [-0.25, -0.2) is 0 Å². The summed E-state index contributed by atoms with van der Waals surface area (Å²) in [4.78, 5) is 2.56. The van der Waals surface area contributed by atoms with E-state index in [0.717, 1.165) is 36.2 Å². The lowest BCUT2D eigenvalue weighted by atomic mass is 9.80. The van der Waals surface area contributed by atoms with Crippen molar-refractivity contribution in [2.75, 3.05) is 25.1 Å². The SMILES string of the molecule is C[C@@H]1CCCC[C@@H]1CN(C)C1CCS(=O)CC1.